The van der Waals surface area contributed by atoms with Gasteiger partial charge in [-0.1, -0.05) is 59.3 Å². The van der Waals surface area contributed by atoms with Gasteiger partial charge in [0.05, 0.1) is 0 Å². The molecule has 4 aromatic rings. The third-order valence-electron chi connectivity index (χ3n) is 5.28. The third kappa shape index (κ3) is 6.44. The Morgan fingerprint density at radius 1 is 0.971 bits per heavy atom. The lowest BCUT2D eigenvalue weighted by molar-refractivity contribution is -0.118. The van der Waals surface area contributed by atoms with E-state index in [4.69, 9.17) is 11.6 Å². The first kappa shape index (κ1) is 24.4. The van der Waals surface area contributed by atoms with Crippen LogP contribution in [0.2, 0.25) is 5.02 Å². The molecule has 0 fully saturated rings. The molecule has 0 aliphatic carbocycles. The van der Waals surface area contributed by atoms with E-state index in [9.17, 15) is 9.59 Å². The number of anilines is 2. The molecule has 1 unspecified atom stereocenters. The Morgan fingerprint density at radius 2 is 1.71 bits per heavy atom. The molecule has 0 aliphatic rings. The Labute approximate surface area is 212 Å². The van der Waals surface area contributed by atoms with E-state index in [1.165, 1.54) is 11.3 Å². The van der Waals surface area contributed by atoms with E-state index < -0.39 is 6.04 Å². The van der Waals surface area contributed by atoms with Gasteiger partial charge >= 0.3 is 0 Å². The van der Waals surface area contributed by atoms with Crippen LogP contribution in [0.4, 0.5) is 10.8 Å². The van der Waals surface area contributed by atoms with Gasteiger partial charge in [-0.05, 0) is 48.0 Å². The Morgan fingerprint density at radius 3 is 2.40 bits per heavy atom. The van der Waals surface area contributed by atoms with Crippen molar-refractivity contribution in [3.63, 3.8) is 0 Å². The first-order valence-corrected chi connectivity index (χ1v) is 12.1. The summed E-state index contributed by atoms with van der Waals surface area (Å²) in [6.45, 7) is 0. The van der Waals surface area contributed by atoms with Crippen LogP contribution in [0.5, 0.6) is 0 Å². The molecule has 1 aromatic heterocycles. The Bertz CT molecular complexity index is 1310. The van der Waals surface area contributed by atoms with Crippen molar-refractivity contribution in [2.45, 2.75) is 12.5 Å². The van der Waals surface area contributed by atoms with Crippen molar-refractivity contribution >= 4 is 45.6 Å². The van der Waals surface area contributed by atoms with Crippen molar-refractivity contribution in [2.75, 3.05) is 24.3 Å². The predicted molar refractivity (Wildman–Crippen MR) is 141 cm³/mol. The van der Waals surface area contributed by atoms with Crippen molar-refractivity contribution in [3.05, 3.63) is 95.0 Å². The van der Waals surface area contributed by atoms with Crippen LogP contribution in [0.3, 0.4) is 0 Å². The van der Waals surface area contributed by atoms with E-state index >= 15 is 0 Å². The fraction of sp³-hybridized carbons (Fsp3) is 0.154. The maximum atomic E-state index is 13.2. The molecular formula is C26H24ClN5O2S. The predicted octanol–water partition coefficient (Wildman–Crippen LogP) is 4.90. The smallest absolute Gasteiger partial charge is 0.251 e. The lowest BCUT2D eigenvalue weighted by atomic mass is 10.0. The Hall–Kier alpha value is -3.75. The van der Waals surface area contributed by atoms with E-state index in [1.54, 1.807) is 24.3 Å². The highest BCUT2D eigenvalue weighted by Gasteiger charge is 2.23. The number of hydrogen-bond acceptors (Lipinski definition) is 6. The van der Waals surface area contributed by atoms with Gasteiger partial charge in [0.25, 0.3) is 5.91 Å². The van der Waals surface area contributed by atoms with Crippen LogP contribution in [0.15, 0.2) is 78.9 Å². The third-order valence-corrected chi connectivity index (χ3v) is 6.40. The van der Waals surface area contributed by atoms with Crippen molar-refractivity contribution in [1.29, 1.82) is 0 Å². The summed E-state index contributed by atoms with van der Waals surface area (Å²) in [6, 6.07) is 23.2. The number of carbonyl (C=O) groups is 2. The van der Waals surface area contributed by atoms with E-state index in [0.717, 1.165) is 16.8 Å². The largest absolute Gasteiger partial charge is 0.378 e. The lowest BCUT2D eigenvalue weighted by Gasteiger charge is -2.18. The minimum atomic E-state index is -0.824. The molecule has 0 saturated heterocycles. The van der Waals surface area contributed by atoms with Crippen molar-refractivity contribution in [2.24, 2.45) is 0 Å². The molecule has 35 heavy (non-hydrogen) atoms. The summed E-state index contributed by atoms with van der Waals surface area (Å²) in [5.74, 6) is -0.766. The first-order valence-electron chi connectivity index (χ1n) is 10.9. The van der Waals surface area contributed by atoms with Gasteiger partial charge in [-0.15, -0.1) is 10.2 Å². The van der Waals surface area contributed by atoms with Crippen LogP contribution in [0.1, 0.15) is 15.9 Å². The van der Waals surface area contributed by atoms with E-state index in [2.05, 4.69) is 20.8 Å². The second-order valence-electron chi connectivity index (χ2n) is 8.07. The number of carbonyl (C=O) groups excluding carboxylic acids is 2. The van der Waals surface area contributed by atoms with Gasteiger partial charge in [-0.25, -0.2) is 0 Å². The van der Waals surface area contributed by atoms with Crippen LogP contribution < -0.4 is 15.5 Å². The Kier molecular flexibility index (Phi) is 7.74. The zero-order chi connectivity index (χ0) is 24.8. The monoisotopic (exact) mass is 505 g/mol. The van der Waals surface area contributed by atoms with Gasteiger partial charge in [-0.2, -0.15) is 0 Å². The molecule has 9 heteroatoms. The zero-order valence-corrected chi connectivity index (χ0v) is 20.8. The maximum Gasteiger partial charge on any atom is 0.251 e. The van der Waals surface area contributed by atoms with Gasteiger partial charge in [0, 0.05) is 42.4 Å². The quantitative estimate of drug-likeness (QED) is 0.355. The van der Waals surface area contributed by atoms with Gasteiger partial charge in [0.1, 0.15) is 11.0 Å². The number of halogens is 1. The molecule has 1 heterocycles. The molecule has 0 spiro atoms. The van der Waals surface area contributed by atoms with Gasteiger partial charge in [0.2, 0.25) is 11.0 Å². The van der Waals surface area contributed by atoms with E-state index in [0.29, 0.717) is 27.1 Å². The topological polar surface area (TPSA) is 87.2 Å². The van der Waals surface area contributed by atoms with Gasteiger partial charge in [0.15, 0.2) is 0 Å². The van der Waals surface area contributed by atoms with Gasteiger partial charge < -0.3 is 10.2 Å². The molecule has 7 nitrogen and oxygen atoms in total. The van der Waals surface area contributed by atoms with Crippen LogP contribution in [0.25, 0.3) is 10.6 Å². The molecule has 0 saturated carbocycles. The summed E-state index contributed by atoms with van der Waals surface area (Å²) >= 11 is 7.30. The van der Waals surface area contributed by atoms with E-state index in [1.807, 2.05) is 73.6 Å². The van der Waals surface area contributed by atoms with Crippen LogP contribution >= 0.6 is 22.9 Å². The van der Waals surface area contributed by atoms with Crippen LogP contribution in [0, 0.1) is 0 Å². The number of hydrogen-bond donors (Lipinski definition) is 2. The zero-order valence-electron chi connectivity index (χ0n) is 19.2. The number of benzene rings is 3. The Balaban J connectivity index is 1.50. The molecule has 2 N–H and O–H groups in total. The van der Waals surface area contributed by atoms with Crippen molar-refractivity contribution < 1.29 is 9.59 Å². The molecule has 178 valence electrons. The summed E-state index contributed by atoms with van der Waals surface area (Å²) in [5, 5.41) is 15.5. The normalized spacial score (nSPS) is 11.5. The average molecular weight is 506 g/mol. The van der Waals surface area contributed by atoms with E-state index in [-0.39, 0.29) is 11.8 Å². The minimum Gasteiger partial charge on any atom is -0.378 e. The standard InChI is InChI=1S/C26H24ClN5O2S/c1-32(2)21-13-11-18(12-14-21)25-30-31-26(35-25)29-24(34)22(15-17-7-4-3-5-8-17)28-23(33)19-9-6-10-20(27)16-19/h3-14,16,22H,15H2,1-2H3,(H,28,33)(H,29,31,34). The summed E-state index contributed by atoms with van der Waals surface area (Å²) in [4.78, 5) is 28.1. The summed E-state index contributed by atoms with van der Waals surface area (Å²) in [6.07, 6.45) is 0.316. The second-order valence-corrected chi connectivity index (χ2v) is 9.48. The number of rotatable bonds is 8. The molecule has 0 radical (unpaired) electrons. The minimum absolute atomic E-state index is 0.316. The highest BCUT2D eigenvalue weighted by atomic mass is 35.5. The number of nitrogens with zero attached hydrogens (tertiary/aromatic N) is 3. The van der Waals surface area contributed by atoms with Crippen LogP contribution in [-0.4, -0.2) is 42.1 Å². The maximum absolute atomic E-state index is 13.2. The summed E-state index contributed by atoms with van der Waals surface area (Å²) in [7, 11) is 3.95. The summed E-state index contributed by atoms with van der Waals surface area (Å²) < 4.78 is 0. The van der Waals surface area contributed by atoms with Crippen LogP contribution in [-0.2, 0) is 11.2 Å². The average Bonchev–Trinajstić information content (AvgIpc) is 3.32. The first-order chi connectivity index (χ1) is 16.9. The lowest BCUT2D eigenvalue weighted by Crippen LogP contribution is -2.45. The van der Waals surface area contributed by atoms with Crippen molar-refractivity contribution in [3.8, 4) is 10.6 Å². The summed E-state index contributed by atoms with van der Waals surface area (Å²) in [5.41, 5.74) is 3.27. The second kappa shape index (κ2) is 11.1. The molecule has 3 aromatic carbocycles. The van der Waals surface area contributed by atoms with Gasteiger partial charge in [-0.3, -0.25) is 14.9 Å². The molecule has 1 atom stereocenters. The molecule has 4 rings (SSSR count). The van der Waals surface area contributed by atoms with Crippen molar-refractivity contribution in [1.82, 2.24) is 15.5 Å². The SMILES string of the molecule is CN(C)c1ccc(-c2nnc(NC(=O)C(Cc3ccccc3)NC(=O)c3cccc(Cl)c3)s2)cc1. The fourth-order valence-electron chi connectivity index (χ4n) is 3.42. The molecule has 0 bridgehead atoms. The number of amides is 2. The number of aromatic nitrogens is 2. The fourth-order valence-corrected chi connectivity index (χ4v) is 4.36. The molecule has 0 aliphatic heterocycles. The highest BCUT2D eigenvalue weighted by molar-refractivity contribution is 7.18. The molecule has 2 amide bonds. The molecular weight excluding hydrogens is 482 g/mol. The number of nitrogens with one attached hydrogen (secondary N) is 2. The highest BCUT2D eigenvalue weighted by Crippen LogP contribution is 2.28.